The lowest BCUT2D eigenvalue weighted by molar-refractivity contribution is -0.148. The summed E-state index contributed by atoms with van der Waals surface area (Å²) in [5, 5.41) is 0. The topological polar surface area (TPSA) is 78.6 Å². The highest BCUT2D eigenvalue weighted by atomic mass is 16.5. The van der Waals surface area contributed by atoms with Crippen LogP contribution in [0, 0.1) is 0 Å². The molecule has 0 N–H and O–H groups in total. The van der Waals surface area contributed by atoms with Gasteiger partial charge in [0.05, 0.1) is 24.1 Å². The van der Waals surface area contributed by atoms with Gasteiger partial charge in [0.2, 0.25) is 0 Å². The molecule has 6 nitrogen and oxygen atoms in total. The summed E-state index contributed by atoms with van der Waals surface area (Å²) in [6, 6.07) is 25.6. The molecule has 0 bridgehead atoms. The van der Waals surface area contributed by atoms with E-state index in [0.29, 0.717) is 18.1 Å². The van der Waals surface area contributed by atoms with E-state index in [2.05, 4.69) is 4.98 Å². The van der Waals surface area contributed by atoms with Gasteiger partial charge in [-0.3, -0.25) is 9.59 Å². The van der Waals surface area contributed by atoms with Gasteiger partial charge < -0.3 is 13.9 Å². The molecular weight excluding hydrogens is 466 g/mol. The smallest absolute Gasteiger partial charge is 0.316 e. The van der Waals surface area contributed by atoms with Crippen LogP contribution in [0.25, 0.3) is 22.5 Å². The maximum absolute atomic E-state index is 12.6. The third-order valence-corrected chi connectivity index (χ3v) is 6.86. The van der Waals surface area contributed by atoms with E-state index in [1.807, 2.05) is 92.7 Å². The third kappa shape index (κ3) is 5.19. The number of carbonyl (C=O) groups excluding carboxylic acids is 2. The van der Waals surface area contributed by atoms with Crippen molar-refractivity contribution in [3.05, 3.63) is 102 Å². The number of hydrogen-bond acceptors (Lipinski definition) is 6. The molecule has 0 spiro atoms. The van der Waals surface area contributed by atoms with E-state index in [1.165, 1.54) is 6.39 Å². The minimum Gasteiger partial charge on any atom is -0.465 e. The number of rotatable bonds is 9. The minimum absolute atomic E-state index is 0.0223. The van der Waals surface area contributed by atoms with Gasteiger partial charge in [-0.2, -0.15) is 0 Å². The van der Waals surface area contributed by atoms with Crippen LogP contribution in [0.5, 0.6) is 0 Å². The average Bonchev–Trinajstić information content (AvgIpc) is 3.62. The number of aromatic nitrogens is 1. The lowest BCUT2D eigenvalue weighted by atomic mass is 9.93. The summed E-state index contributed by atoms with van der Waals surface area (Å²) in [6.45, 7) is 4.08. The lowest BCUT2D eigenvalue weighted by Crippen LogP contribution is -2.23. The molecule has 0 unspecified atom stereocenters. The van der Waals surface area contributed by atoms with Gasteiger partial charge in [-0.05, 0) is 48.9 Å². The van der Waals surface area contributed by atoms with Crippen molar-refractivity contribution in [3.8, 4) is 22.5 Å². The van der Waals surface area contributed by atoms with Gasteiger partial charge in [-0.25, -0.2) is 4.98 Å². The minimum atomic E-state index is -0.471. The Morgan fingerprint density at radius 3 is 2.16 bits per heavy atom. The largest absolute Gasteiger partial charge is 0.465 e. The fourth-order valence-corrected chi connectivity index (χ4v) is 4.60. The van der Waals surface area contributed by atoms with Crippen molar-refractivity contribution in [2.75, 3.05) is 6.61 Å². The SMILES string of the molecule is CCOC(=O)C1(c2ccc(-c3ccc(-c4ocnc4CC(=O)O[C@H](C)c4ccccc4)cc3)cc2)CC1. The molecule has 3 aromatic carbocycles. The molecule has 1 aromatic heterocycles. The zero-order chi connectivity index (χ0) is 25.8. The van der Waals surface area contributed by atoms with Gasteiger partial charge >= 0.3 is 11.9 Å². The maximum atomic E-state index is 12.6. The normalized spacial score (nSPS) is 14.5. The first-order valence-electron chi connectivity index (χ1n) is 12.6. The van der Waals surface area contributed by atoms with Crippen LogP contribution in [-0.2, 0) is 30.9 Å². The molecule has 0 amide bonds. The molecule has 6 heteroatoms. The third-order valence-electron chi connectivity index (χ3n) is 6.86. The monoisotopic (exact) mass is 495 g/mol. The Labute approximate surface area is 216 Å². The summed E-state index contributed by atoms with van der Waals surface area (Å²) in [7, 11) is 0. The van der Waals surface area contributed by atoms with Crippen LogP contribution in [0.4, 0.5) is 0 Å². The molecule has 0 radical (unpaired) electrons. The van der Waals surface area contributed by atoms with Crippen LogP contribution in [0.3, 0.4) is 0 Å². The Morgan fingerprint density at radius 1 is 0.919 bits per heavy atom. The summed E-state index contributed by atoms with van der Waals surface area (Å²) >= 11 is 0. The summed E-state index contributed by atoms with van der Waals surface area (Å²) < 4.78 is 16.5. The molecule has 1 aliphatic carbocycles. The molecule has 1 atom stereocenters. The predicted octanol–water partition coefficient (Wildman–Crippen LogP) is 6.45. The molecule has 0 aliphatic heterocycles. The summed E-state index contributed by atoms with van der Waals surface area (Å²) in [5.74, 6) is 0.0594. The number of oxazole rings is 1. The summed E-state index contributed by atoms with van der Waals surface area (Å²) in [4.78, 5) is 29.2. The van der Waals surface area contributed by atoms with Crippen molar-refractivity contribution in [1.82, 2.24) is 4.98 Å². The highest BCUT2D eigenvalue weighted by Gasteiger charge is 2.52. The highest BCUT2D eigenvalue weighted by molar-refractivity contribution is 5.87. The van der Waals surface area contributed by atoms with Crippen LogP contribution < -0.4 is 0 Å². The fourth-order valence-electron chi connectivity index (χ4n) is 4.60. The highest BCUT2D eigenvalue weighted by Crippen LogP contribution is 2.49. The van der Waals surface area contributed by atoms with E-state index < -0.39 is 5.41 Å². The first-order chi connectivity index (χ1) is 18.0. The maximum Gasteiger partial charge on any atom is 0.316 e. The molecule has 4 aromatic rings. The predicted molar refractivity (Wildman–Crippen MR) is 140 cm³/mol. The van der Waals surface area contributed by atoms with Crippen LogP contribution in [-0.4, -0.2) is 23.5 Å². The number of ether oxygens (including phenoxy) is 2. The van der Waals surface area contributed by atoms with Crippen molar-refractivity contribution in [2.24, 2.45) is 0 Å². The quantitative estimate of drug-likeness (QED) is 0.248. The van der Waals surface area contributed by atoms with Gasteiger partial charge in [0.1, 0.15) is 6.10 Å². The average molecular weight is 496 g/mol. The Bertz CT molecular complexity index is 1370. The van der Waals surface area contributed by atoms with E-state index in [4.69, 9.17) is 13.9 Å². The Morgan fingerprint density at radius 2 is 1.54 bits per heavy atom. The van der Waals surface area contributed by atoms with Crippen LogP contribution >= 0.6 is 0 Å². The van der Waals surface area contributed by atoms with E-state index in [9.17, 15) is 9.59 Å². The van der Waals surface area contributed by atoms with Gasteiger partial charge in [-0.1, -0.05) is 78.9 Å². The Balaban J connectivity index is 1.26. The van der Waals surface area contributed by atoms with E-state index in [-0.39, 0.29) is 24.5 Å². The first-order valence-corrected chi connectivity index (χ1v) is 12.6. The number of nitrogens with zero attached hydrogens (tertiary/aromatic N) is 1. The number of benzene rings is 3. The summed E-state index contributed by atoms with van der Waals surface area (Å²) in [6.07, 6.45) is 2.69. The van der Waals surface area contributed by atoms with Crippen molar-refractivity contribution in [2.45, 2.75) is 44.6 Å². The van der Waals surface area contributed by atoms with Crippen molar-refractivity contribution >= 4 is 11.9 Å². The number of esters is 2. The number of carbonyl (C=O) groups is 2. The second-order valence-corrected chi connectivity index (χ2v) is 9.31. The zero-order valence-corrected chi connectivity index (χ0v) is 21.0. The standard InChI is InChI=1S/C31H29NO5/c1-3-35-30(34)31(17-18-31)26-15-13-24(14-16-26)23-9-11-25(12-10-23)29-27(32-20-36-29)19-28(33)37-21(2)22-7-5-4-6-8-22/h4-16,20-21H,3,17-19H2,1-2H3/t21-/m1/s1. The van der Waals surface area contributed by atoms with Crippen LogP contribution in [0.15, 0.2) is 89.7 Å². The van der Waals surface area contributed by atoms with Gasteiger partial charge in [0.25, 0.3) is 0 Å². The van der Waals surface area contributed by atoms with Gasteiger partial charge in [0, 0.05) is 5.56 Å². The second kappa shape index (κ2) is 10.4. The molecule has 1 heterocycles. The van der Waals surface area contributed by atoms with Crippen molar-refractivity contribution < 1.29 is 23.5 Å². The van der Waals surface area contributed by atoms with E-state index in [1.54, 1.807) is 0 Å². The van der Waals surface area contributed by atoms with Crippen LogP contribution in [0.2, 0.25) is 0 Å². The summed E-state index contributed by atoms with van der Waals surface area (Å²) in [5.41, 5.74) is 4.92. The molecule has 0 saturated heterocycles. The molecular formula is C31H29NO5. The Hall–Kier alpha value is -4.19. The second-order valence-electron chi connectivity index (χ2n) is 9.31. The fraction of sp³-hybridized carbons (Fsp3) is 0.258. The van der Waals surface area contributed by atoms with Gasteiger partial charge in [-0.15, -0.1) is 0 Å². The molecule has 37 heavy (non-hydrogen) atoms. The van der Waals surface area contributed by atoms with E-state index in [0.717, 1.165) is 40.7 Å². The Kier molecular flexibility index (Phi) is 6.91. The van der Waals surface area contributed by atoms with Crippen molar-refractivity contribution in [1.29, 1.82) is 0 Å². The lowest BCUT2D eigenvalue weighted by Gasteiger charge is -2.14. The van der Waals surface area contributed by atoms with Crippen LogP contribution in [0.1, 0.15) is 49.6 Å². The first kappa shape index (κ1) is 24.5. The zero-order valence-electron chi connectivity index (χ0n) is 21.0. The molecule has 188 valence electrons. The molecule has 1 aliphatic rings. The van der Waals surface area contributed by atoms with E-state index >= 15 is 0 Å². The van der Waals surface area contributed by atoms with Crippen molar-refractivity contribution in [3.63, 3.8) is 0 Å². The molecule has 5 rings (SSSR count). The molecule has 1 fully saturated rings. The number of hydrogen-bond donors (Lipinski definition) is 0. The van der Waals surface area contributed by atoms with Gasteiger partial charge in [0.15, 0.2) is 12.2 Å². The molecule has 1 saturated carbocycles.